The van der Waals surface area contributed by atoms with Gasteiger partial charge in [0.1, 0.15) is 6.10 Å². The largest absolute Gasteiger partial charge is 0.454 e. The Bertz CT molecular complexity index is 970. The number of fused-ring (bicyclic) bond motifs is 1. The number of nitrogens with one attached hydrogen (secondary N) is 3. The van der Waals surface area contributed by atoms with Gasteiger partial charge in [-0.2, -0.15) is 0 Å². The van der Waals surface area contributed by atoms with E-state index in [1.54, 1.807) is 18.2 Å². The van der Waals surface area contributed by atoms with Crippen LogP contribution >= 0.6 is 0 Å². The lowest BCUT2D eigenvalue weighted by atomic mass is 9.97. The number of hydrogen-bond donors (Lipinski definition) is 4. The Kier molecular flexibility index (Phi) is 7.31. The predicted octanol–water partition coefficient (Wildman–Crippen LogP) is 2.71. The number of benzene rings is 2. The molecule has 2 aromatic rings. The Morgan fingerprint density at radius 2 is 1.88 bits per heavy atom. The first-order valence-corrected chi connectivity index (χ1v) is 11.1. The van der Waals surface area contributed by atoms with Crippen LogP contribution in [0.25, 0.3) is 0 Å². The maximum Gasteiger partial charge on any atom is 0.319 e. The number of ether oxygens (including phenoxy) is 3. The van der Waals surface area contributed by atoms with Crippen molar-refractivity contribution in [3.8, 4) is 11.5 Å². The van der Waals surface area contributed by atoms with Crippen molar-refractivity contribution in [2.24, 2.45) is 0 Å². The summed E-state index contributed by atoms with van der Waals surface area (Å²) in [5.41, 5.74) is 1.59. The second-order valence-corrected chi connectivity index (χ2v) is 8.23. The Balaban J connectivity index is 1.25. The van der Waals surface area contributed by atoms with Gasteiger partial charge in [0, 0.05) is 11.8 Å². The maximum atomic E-state index is 12.5. The molecule has 4 atom stereocenters. The number of anilines is 1. The van der Waals surface area contributed by atoms with Crippen LogP contribution in [0.1, 0.15) is 37.8 Å². The van der Waals surface area contributed by atoms with E-state index in [2.05, 4.69) is 16.0 Å². The third-order valence-corrected chi connectivity index (χ3v) is 5.83. The summed E-state index contributed by atoms with van der Waals surface area (Å²) >= 11 is 0. The molecule has 0 unspecified atom stereocenters. The first-order chi connectivity index (χ1) is 16.0. The minimum Gasteiger partial charge on any atom is -0.454 e. The van der Waals surface area contributed by atoms with Crippen LogP contribution in [0.2, 0.25) is 0 Å². The minimum absolute atomic E-state index is 0.106. The van der Waals surface area contributed by atoms with E-state index in [4.69, 9.17) is 14.2 Å². The van der Waals surface area contributed by atoms with Gasteiger partial charge in [0.25, 0.3) is 0 Å². The van der Waals surface area contributed by atoms with E-state index in [9.17, 15) is 14.7 Å². The SMILES string of the molecule is C[C@H](NC(=O)C[C@@H]1CC[C@H](NC(=O)Nc2ccc3c(c2)OCO3)[C@H](CO)O1)c1ccccc1. The molecule has 9 nitrogen and oxygen atoms in total. The summed E-state index contributed by atoms with van der Waals surface area (Å²) in [5.74, 6) is 1.10. The molecule has 2 aromatic carbocycles. The number of carbonyl (C=O) groups excluding carboxylic acids is 2. The number of aliphatic hydroxyl groups is 1. The fourth-order valence-corrected chi connectivity index (χ4v) is 4.09. The van der Waals surface area contributed by atoms with Crippen molar-refractivity contribution < 1.29 is 28.9 Å². The fourth-order valence-electron chi connectivity index (χ4n) is 4.09. The van der Waals surface area contributed by atoms with Crippen molar-refractivity contribution in [1.82, 2.24) is 10.6 Å². The summed E-state index contributed by atoms with van der Waals surface area (Å²) in [6, 6.07) is 14.0. The van der Waals surface area contributed by atoms with Crippen molar-refractivity contribution in [1.29, 1.82) is 0 Å². The van der Waals surface area contributed by atoms with E-state index < -0.39 is 12.1 Å². The van der Waals surface area contributed by atoms with Crippen LogP contribution in [0, 0.1) is 0 Å². The van der Waals surface area contributed by atoms with Crippen LogP contribution in [0.5, 0.6) is 11.5 Å². The number of amides is 3. The molecule has 3 amide bonds. The molecule has 0 aromatic heterocycles. The number of rotatable bonds is 7. The van der Waals surface area contributed by atoms with Gasteiger partial charge >= 0.3 is 6.03 Å². The average Bonchev–Trinajstić information content (AvgIpc) is 3.28. The van der Waals surface area contributed by atoms with Crippen molar-refractivity contribution in [3.63, 3.8) is 0 Å². The molecule has 2 aliphatic heterocycles. The zero-order valence-corrected chi connectivity index (χ0v) is 18.5. The summed E-state index contributed by atoms with van der Waals surface area (Å²) in [6.45, 7) is 1.84. The van der Waals surface area contributed by atoms with E-state index in [-0.39, 0.29) is 43.9 Å². The molecule has 2 heterocycles. The van der Waals surface area contributed by atoms with Gasteiger partial charge in [-0.05, 0) is 37.5 Å². The van der Waals surface area contributed by atoms with Gasteiger partial charge in [-0.25, -0.2) is 4.79 Å². The molecule has 4 N–H and O–H groups in total. The molecule has 4 rings (SSSR count). The first-order valence-electron chi connectivity index (χ1n) is 11.1. The number of aliphatic hydroxyl groups excluding tert-OH is 1. The van der Waals surface area contributed by atoms with Crippen molar-refractivity contribution >= 4 is 17.6 Å². The second kappa shape index (κ2) is 10.5. The Morgan fingerprint density at radius 1 is 1.09 bits per heavy atom. The van der Waals surface area contributed by atoms with Gasteiger partial charge in [-0.1, -0.05) is 30.3 Å². The molecular formula is C24H29N3O6. The van der Waals surface area contributed by atoms with Crippen molar-refractivity contribution in [3.05, 3.63) is 54.1 Å². The van der Waals surface area contributed by atoms with Gasteiger partial charge in [-0.3, -0.25) is 4.79 Å². The highest BCUT2D eigenvalue weighted by Crippen LogP contribution is 2.34. The van der Waals surface area contributed by atoms with E-state index >= 15 is 0 Å². The Hall–Kier alpha value is -3.30. The summed E-state index contributed by atoms with van der Waals surface area (Å²) in [5, 5.41) is 18.4. The second-order valence-electron chi connectivity index (χ2n) is 8.23. The molecular weight excluding hydrogens is 426 g/mol. The molecule has 9 heteroatoms. The molecule has 0 spiro atoms. The Morgan fingerprint density at radius 3 is 2.67 bits per heavy atom. The molecule has 33 heavy (non-hydrogen) atoms. The summed E-state index contributed by atoms with van der Waals surface area (Å²) in [6.07, 6.45) is 0.472. The molecule has 176 valence electrons. The van der Waals surface area contributed by atoms with E-state index in [0.29, 0.717) is 30.0 Å². The van der Waals surface area contributed by atoms with Crippen molar-refractivity contribution in [2.45, 2.75) is 50.5 Å². The van der Waals surface area contributed by atoms with Crippen molar-refractivity contribution in [2.75, 3.05) is 18.7 Å². The number of hydrogen-bond acceptors (Lipinski definition) is 6. The van der Waals surface area contributed by atoms with Gasteiger partial charge in [0.05, 0.1) is 31.2 Å². The average molecular weight is 456 g/mol. The highest BCUT2D eigenvalue weighted by atomic mass is 16.7. The number of urea groups is 1. The maximum absolute atomic E-state index is 12.5. The normalized spacial score (nSPS) is 22.3. The topological polar surface area (TPSA) is 118 Å². The van der Waals surface area contributed by atoms with Gasteiger partial charge in [0.15, 0.2) is 11.5 Å². The van der Waals surface area contributed by atoms with Crippen LogP contribution in [0.4, 0.5) is 10.5 Å². The zero-order chi connectivity index (χ0) is 23.2. The number of carbonyl (C=O) groups is 2. The smallest absolute Gasteiger partial charge is 0.319 e. The van der Waals surface area contributed by atoms with Crippen LogP contribution < -0.4 is 25.4 Å². The minimum atomic E-state index is -0.592. The summed E-state index contributed by atoms with van der Waals surface area (Å²) in [4.78, 5) is 24.9. The van der Waals surface area contributed by atoms with Gasteiger partial charge in [-0.15, -0.1) is 0 Å². The predicted molar refractivity (Wildman–Crippen MR) is 121 cm³/mol. The van der Waals surface area contributed by atoms with Crippen LogP contribution in [0.15, 0.2) is 48.5 Å². The van der Waals surface area contributed by atoms with Gasteiger partial charge in [0.2, 0.25) is 12.7 Å². The zero-order valence-electron chi connectivity index (χ0n) is 18.5. The highest BCUT2D eigenvalue weighted by Gasteiger charge is 2.33. The summed E-state index contributed by atoms with van der Waals surface area (Å²) in [7, 11) is 0. The fraction of sp³-hybridized carbons (Fsp3) is 0.417. The molecule has 1 saturated heterocycles. The van der Waals surface area contributed by atoms with E-state index in [1.807, 2.05) is 37.3 Å². The highest BCUT2D eigenvalue weighted by molar-refractivity contribution is 5.90. The molecule has 0 radical (unpaired) electrons. The third kappa shape index (κ3) is 5.94. The lowest BCUT2D eigenvalue weighted by Crippen LogP contribution is -2.52. The third-order valence-electron chi connectivity index (χ3n) is 5.83. The molecule has 0 aliphatic carbocycles. The van der Waals surface area contributed by atoms with Gasteiger partial charge < -0.3 is 35.3 Å². The molecule has 0 bridgehead atoms. The van der Waals surface area contributed by atoms with E-state index in [1.165, 1.54) is 0 Å². The molecule has 1 fully saturated rings. The monoisotopic (exact) mass is 455 g/mol. The van der Waals surface area contributed by atoms with Crippen LogP contribution in [-0.2, 0) is 9.53 Å². The van der Waals surface area contributed by atoms with Crippen LogP contribution in [-0.4, -0.2) is 48.7 Å². The lowest BCUT2D eigenvalue weighted by Gasteiger charge is -2.36. The Labute approximate surface area is 192 Å². The standard InChI is InChI=1S/C24H29N3O6/c1-15(16-5-3-2-4-6-16)25-23(29)12-18-8-9-19(22(13-28)33-18)27-24(30)26-17-7-10-20-21(11-17)32-14-31-20/h2-7,10-11,15,18-19,22,28H,8-9,12-14H2,1H3,(H,25,29)(H2,26,27,30)/t15-,18-,19-,22-/m0/s1. The quantitative estimate of drug-likeness (QED) is 0.510. The van der Waals surface area contributed by atoms with E-state index in [0.717, 1.165) is 5.56 Å². The molecule has 0 saturated carbocycles. The van der Waals surface area contributed by atoms with Crippen LogP contribution in [0.3, 0.4) is 0 Å². The first kappa shape index (κ1) is 22.9. The lowest BCUT2D eigenvalue weighted by molar-refractivity contribution is -0.131. The molecule has 2 aliphatic rings. The summed E-state index contributed by atoms with van der Waals surface area (Å²) < 4.78 is 16.5.